The second-order valence-corrected chi connectivity index (χ2v) is 13.7. The third kappa shape index (κ3) is 16.4. The van der Waals surface area contributed by atoms with Crippen molar-refractivity contribution < 1.29 is 78.1 Å². The van der Waals surface area contributed by atoms with Gasteiger partial charge in [0.2, 0.25) is 29.5 Å². The number of hydrogen-bond acceptors (Lipinski definition) is 15. The predicted octanol–water partition coefficient (Wildman–Crippen LogP) is -3.06. The first-order valence-corrected chi connectivity index (χ1v) is 18.5. The second-order valence-electron chi connectivity index (χ2n) is 12.7. The van der Waals surface area contributed by atoms with Gasteiger partial charge in [-0.15, -0.1) is 0 Å². The fourth-order valence-electron chi connectivity index (χ4n) is 5.11. The summed E-state index contributed by atoms with van der Waals surface area (Å²) in [6.45, 7) is 2.25. The molecular weight excluding hydrogens is 780 g/mol. The molecule has 3 unspecified atom stereocenters. The number of rotatable bonds is 24. The molecule has 23 heteroatoms. The van der Waals surface area contributed by atoms with Crippen LogP contribution in [0.4, 0.5) is 0 Å². The van der Waals surface area contributed by atoms with E-state index in [2.05, 4.69) is 26.6 Å². The number of aliphatic carboxylic acids is 3. The SMILES string of the molecule is CC(=O)NC1C(O[C@H](C)C(=O)N[C@@H](C)C(=O)N[C@H](CCC(=O)N[C@H](CSCC(=N)C(=O)O)C(=O)NCC(=O)O)C(=O)O)[C@H](O)C(CO)O[C@@H]1OCc1ccccc1. The average Bonchev–Trinajstić information content (AvgIpc) is 3.15. The predicted molar refractivity (Wildman–Crippen MR) is 197 cm³/mol. The summed E-state index contributed by atoms with van der Waals surface area (Å²) in [6, 6.07) is 3.30. The number of carboxylic acids is 3. The zero-order valence-corrected chi connectivity index (χ0v) is 32.0. The Hall–Kier alpha value is -5.20. The van der Waals surface area contributed by atoms with Crippen LogP contribution in [0.5, 0.6) is 0 Å². The van der Waals surface area contributed by atoms with E-state index in [4.69, 9.17) is 29.8 Å². The summed E-state index contributed by atoms with van der Waals surface area (Å²) >= 11 is 0.791. The van der Waals surface area contributed by atoms with Gasteiger partial charge in [0.05, 0.1) is 13.2 Å². The average molecular weight is 829 g/mol. The minimum absolute atomic E-state index is 0.0157. The molecule has 1 heterocycles. The maximum absolute atomic E-state index is 13.2. The zero-order chi connectivity index (χ0) is 42.8. The number of amides is 5. The summed E-state index contributed by atoms with van der Waals surface area (Å²) in [5, 5.41) is 67.2. The Morgan fingerprint density at radius 1 is 0.930 bits per heavy atom. The Labute approximate surface area is 330 Å². The number of thioether (sulfide) groups is 1. The van der Waals surface area contributed by atoms with E-state index in [-0.39, 0.29) is 18.1 Å². The number of benzene rings is 1. The van der Waals surface area contributed by atoms with Crippen LogP contribution in [0.2, 0.25) is 0 Å². The Kier molecular flexibility index (Phi) is 20.0. The quantitative estimate of drug-likeness (QED) is 0.0461. The van der Waals surface area contributed by atoms with Gasteiger partial charge in [-0.1, -0.05) is 30.3 Å². The van der Waals surface area contributed by atoms with Crippen LogP contribution in [-0.2, 0) is 59.2 Å². The Morgan fingerprint density at radius 2 is 1.60 bits per heavy atom. The van der Waals surface area contributed by atoms with Crippen LogP contribution in [-0.4, -0.2) is 158 Å². The summed E-state index contributed by atoms with van der Waals surface area (Å²) in [6.07, 6.45) is -7.88. The molecule has 11 N–H and O–H groups in total. The van der Waals surface area contributed by atoms with E-state index < -0.39 is 134 Å². The molecule has 0 spiro atoms. The molecule has 0 saturated carbocycles. The van der Waals surface area contributed by atoms with Crippen molar-refractivity contribution in [2.24, 2.45) is 0 Å². The molecule has 0 aliphatic carbocycles. The van der Waals surface area contributed by atoms with Gasteiger partial charge >= 0.3 is 17.9 Å². The first-order chi connectivity index (χ1) is 26.8. The van der Waals surface area contributed by atoms with Crippen LogP contribution in [0.3, 0.4) is 0 Å². The van der Waals surface area contributed by atoms with Crippen molar-refractivity contribution in [3.05, 3.63) is 35.9 Å². The molecule has 0 aromatic heterocycles. The molecule has 22 nitrogen and oxygen atoms in total. The highest BCUT2D eigenvalue weighted by molar-refractivity contribution is 8.00. The summed E-state index contributed by atoms with van der Waals surface area (Å²) < 4.78 is 17.5. The summed E-state index contributed by atoms with van der Waals surface area (Å²) in [7, 11) is 0. The van der Waals surface area contributed by atoms with Gasteiger partial charge in [0.25, 0.3) is 0 Å². The fourth-order valence-corrected chi connectivity index (χ4v) is 6.03. The number of nitrogens with one attached hydrogen (secondary N) is 6. The highest BCUT2D eigenvalue weighted by Crippen LogP contribution is 2.26. The van der Waals surface area contributed by atoms with E-state index in [0.29, 0.717) is 0 Å². The minimum Gasteiger partial charge on any atom is -0.480 e. The van der Waals surface area contributed by atoms with Gasteiger partial charge in [0.15, 0.2) is 6.29 Å². The summed E-state index contributed by atoms with van der Waals surface area (Å²) in [5.41, 5.74) is 0.0592. The van der Waals surface area contributed by atoms with Crippen molar-refractivity contribution >= 4 is 64.9 Å². The molecule has 57 heavy (non-hydrogen) atoms. The standard InChI is InChI=1S/C34H48N6O16S/c1-16(29(47)40-21(33(52)53)9-10-24(43)39-22(31(49)36-11-25(44)45)15-57-14-20(35)32(50)51)37-30(48)17(2)55-28-26(38-18(3)42)34(56-23(12-41)27(28)46)54-13-19-7-5-4-6-8-19/h4-8,16-17,21-23,26-28,34-35,41,46H,9-15H2,1-3H3,(H,36,49)(H,37,48)(H,38,42)(H,39,43)(H,40,47)(H,44,45)(H,50,51)(H,52,53)/t16-,17+,21+,22+,23?,26?,27+,28?,34-/m0/s1. The van der Waals surface area contributed by atoms with Crippen LogP contribution in [0.15, 0.2) is 30.3 Å². The van der Waals surface area contributed by atoms with Gasteiger partial charge in [0.1, 0.15) is 60.8 Å². The van der Waals surface area contributed by atoms with Gasteiger partial charge in [-0.05, 0) is 25.8 Å². The third-order valence-corrected chi connectivity index (χ3v) is 9.15. The second kappa shape index (κ2) is 23.8. The lowest BCUT2D eigenvalue weighted by molar-refractivity contribution is -0.283. The molecule has 0 radical (unpaired) electrons. The van der Waals surface area contributed by atoms with Gasteiger partial charge in [0, 0.05) is 24.9 Å². The van der Waals surface area contributed by atoms with Crippen LogP contribution < -0.4 is 26.6 Å². The summed E-state index contributed by atoms with van der Waals surface area (Å²) in [4.78, 5) is 97.2. The molecule has 1 aliphatic heterocycles. The number of carbonyl (C=O) groups is 8. The summed E-state index contributed by atoms with van der Waals surface area (Å²) in [5.74, 6) is -9.29. The lowest BCUT2D eigenvalue weighted by Gasteiger charge is -2.44. The van der Waals surface area contributed by atoms with Gasteiger partial charge in [-0.2, -0.15) is 11.8 Å². The van der Waals surface area contributed by atoms with Crippen LogP contribution in [0, 0.1) is 5.41 Å². The number of aliphatic hydroxyl groups is 2. The Balaban J connectivity index is 2.04. The molecule has 9 atom stereocenters. The maximum atomic E-state index is 13.2. The molecule has 2 rings (SSSR count). The molecule has 5 amide bonds. The first kappa shape index (κ1) is 48.0. The van der Waals surface area contributed by atoms with Crippen LogP contribution in [0.25, 0.3) is 0 Å². The van der Waals surface area contributed by atoms with Crippen molar-refractivity contribution in [3.8, 4) is 0 Å². The first-order valence-electron chi connectivity index (χ1n) is 17.4. The van der Waals surface area contributed by atoms with Gasteiger partial charge < -0.3 is 66.3 Å². The molecule has 316 valence electrons. The lowest BCUT2D eigenvalue weighted by atomic mass is 9.96. The van der Waals surface area contributed by atoms with Crippen molar-refractivity contribution in [1.29, 1.82) is 5.41 Å². The molecule has 1 aromatic rings. The lowest BCUT2D eigenvalue weighted by Crippen LogP contribution is -2.66. The third-order valence-electron chi connectivity index (χ3n) is 8.09. The van der Waals surface area contributed by atoms with E-state index >= 15 is 0 Å². The Bertz CT molecular complexity index is 1600. The molecule has 1 aromatic carbocycles. The molecule has 1 fully saturated rings. The van der Waals surface area contributed by atoms with E-state index in [1.807, 2.05) is 0 Å². The number of carboxylic acid groups (broad SMARTS) is 3. The largest absolute Gasteiger partial charge is 0.480 e. The smallest absolute Gasteiger partial charge is 0.350 e. The zero-order valence-electron chi connectivity index (χ0n) is 31.2. The molecule has 0 bridgehead atoms. The van der Waals surface area contributed by atoms with Crippen molar-refractivity contribution in [2.75, 3.05) is 24.7 Å². The normalized spacial score (nSPS) is 21.0. The van der Waals surface area contributed by atoms with Crippen LogP contribution >= 0.6 is 11.8 Å². The highest BCUT2D eigenvalue weighted by Gasteiger charge is 2.48. The topological polar surface area (TPSA) is 349 Å². The Morgan fingerprint density at radius 3 is 2.18 bits per heavy atom. The number of ether oxygens (including phenoxy) is 3. The molecule has 1 saturated heterocycles. The van der Waals surface area contributed by atoms with Crippen molar-refractivity contribution in [1.82, 2.24) is 26.6 Å². The van der Waals surface area contributed by atoms with Crippen molar-refractivity contribution in [2.45, 2.75) is 95.1 Å². The monoisotopic (exact) mass is 828 g/mol. The number of hydrogen-bond donors (Lipinski definition) is 11. The van der Waals surface area contributed by atoms with Gasteiger partial charge in [-0.25, -0.2) is 9.59 Å². The van der Waals surface area contributed by atoms with Crippen molar-refractivity contribution in [3.63, 3.8) is 0 Å². The number of aliphatic hydroxyl groups excluding tert-OH is 2. The van der Waals surface area contributed by atoms with E-state index in [9.17, 15) is 53.7 Å². The van der Waals surface area contributed by atoms with E-state index in [1.54, 1.807) is 30.3 Å². The minimum atomic E-state index is -1.67. The van der Waals surface area contributed by atoms with E-state index in [0.717, 1.165) is 17.3 Å². The highest BCUT2D eigenvalue weighted by atomic mass is 32.2. The number of carbonyl (C=O) groups excluding carboxylic acids is 5. The van der Waals surface area contributed by atoms with Crippen LogP contribution in [0.1, 0.15) is 39.2 Å². The molecular formula is C34H48N6O16S. The molecule has 1 aliphatic rings. The fraction of sp³-hybridized carbons (Fsp3) is 0.559. The van der Waals surface area contributed by atoms with Gasteiger partial charge in [-0.3, -0.25) is 34.2 Å². The van der Waals surface area contributed by atoms with E-state index in [1.165, 1.54) is 20.8 Å². The maximum Gasteiger partial charge on any atom is 0.350 e.